The van der Waals surface area contributed by atoms with Crippen molar-refractivity contribution in [2.45, 2.75) is 23.8 Å². The van der Waals surface area contributed by atoms with Crippen molar-refractivity contribution in [3.8, 4) is 17.0 Å². The first-order valence-electron chi connectivity index (χ1n) is 11.7. The van der Waals surface area contributed by atoms with Gasteiger partial charge in [-0.2, -0.15) is 0 Å². The van der Waals surface area contributed by atoms with Crippen LogP contribution in [0.25, 0.3) is 11.3 Å². The highest BCUT2D eigenvalue weighted by Crippen LogP contribution is 2.30. The van der Waals surface area contributed by atoms with E-state index in [1.54, 1.807) is 6.20 Å². The second-order valence-electron chi connectivity index (χ2n) is 8.39. The Morgan fingerprint density at radius 2 is 1.74 bits per heavy atom. The predicted molar refractivity (Wildman–Crippen MR) is 135 cm³/mol. The fourth-order valence-electron chi connectivity index (χ4n) is 4.01. The Kier molecular flexibility index (Phi) is 7.53. The number of ether oxygens (including phenoxy) is 3. The molecule has 2 aliphatic heterocycles. The van der Waals surface area contributed by atoms with Crippen LogP contribution >= 0.6 is 0 Å². The van der Waals surface area contributed by atoms with E-state index in [1.165, 1.54) is 0 Å². The number of nitrogens with one attached hydrogen (secondary N) is 1. The number of hydrogen-bond donors (Lipinski definition) is 2. The molecule has 9 nitrogen and oxygen atoms in total. The zero-order chi connectivity index (χ0) is 24.0. The van der Waals surface area contributed by atoms with E-state index in [4.69, 9.17) is 19.9 Å². The van der Waals surface area contributed by atoms with Crippen LogP contribution < -0.4 is 15.8 Å². The summed E-state index contributed by atoms with van der Waals surface area (Å²) in [4.78, 5) is 9.73. The molecule has 0 amide bonds. The lowest BCUT2D eigenvalue weighted by Crippen LogP contribution is -2.37. The third-order valence-corrected chi connectivity index (χ3v) is 7.45. The van der Waals surface area contributed by atoms with Gasteiger partial charge in [-0.05, 0) is 48.5 Å². The monoisotopic (exact) mass is 495 g/mol. The number of nitrogen functional groups attached to an aromatic ring is 1. The number of aromatic nitrogens is 2. The minimum atomic E-state index is -1.19. The molecule has 2 saturated heterocycles. The van der Waals surface area contributed by atoms with Crippen LogP contribution in [0, 0.1) is 0 Å². The van der Waals surface area contributed by atoms with Crippen LogP contribution in [0.5, 0.6) is 5.75 Å². The van der Waals surface area contributed by atoms with Crippen LogP contribution in [0.2, 0.25) is 0 Å². The molecule has 10 heteroatoms. The molecule has 0 bridgehead atoms. The van der Waals surface area contributed by atoms with Gasteiger partial charge in [0, 0.05) is 43.4 Å². The van der Waals surface area contributed by atoms with Crippen molar-refractivity contribution in [2.75, 3.05) is 50.6 Å². The average molecular weight is 496 g/mol. The summed E-state index contributed by atoms with van der Waals surface area (Å²) in [5.74, 6) is 1.15. The third kappa shape index (κ3) is 5.96. The molecule has 35 heavy (non-hydrogen) atoms. The first-order chi connectivity index (χ1) is 17.2. The molecular weight excluding hydrogens is 466 g/mol. The zero-order valence-corrected chi connectivity index (χ0v) is 20.2. The van der Waals surface area contributed by atoms with Gasteiger partial charge in [0.25, 0.3) is 0 Å². The van der Waals surface area contributed by atoms with Crippen LogP contribution in [0.3, 0.4) is 0 Å². The Morgan fingerprint density at radius 1 is 1.00 bits per heavy atom. The maximum Gasteiger partial charge on any atom is 0.227 e. The van der Waals surface area contributed by atoms with E-state index in [2.05, 4.69) is 15.3 Å². The van der Waals surface area contributed by atoms with Crippen molar-refractivity contribution in [1.29, 1.82) is 0 Å². The van der Waals surface area contributed by atoms with Gasteiger partial charge in [-0.3, -0.25) is 0 Å². The quantitative estimate of drug-likeness (QED) is 0.480. The molecule has 3 N–H and O–H groups in total. The number of morpholine rings is 1. The van der Waals surface area contributed by atoms with Gasteiger partial charge in [0.15, 0.2) is 0 Å². The van der Waals surface area contributed by atoms with Crippen LogP contribution in [0.15, 0.2) is 59.6 Å². The van der Waals surface area contributed by atoms with E-state index in [-0.39, 0.29) is 6.10 Å². The van der Waals surface area contributed by atoms with Crippen molar-refractivity contribution >= 4 is 28.3 Å². The summed E-state index contributed by atoms with van der Waals surface area (Å²) in [6.07, 6.45) is 3.57. The summed E-state index contributed by atoms with van der Waals surface area (Å²) < 4.78 is 31.5. The van der Waals surface area contributed by atoms with Gasteiger partial charge in [-0.15, -0.1) is 0 Å². The largest absolute Gasteiger partial charge is 0.488 e. The molecule has 184 valence electrons. The molecule has 2 aliphatic rings. The number of hydrogen-bond acceptors (Lipinski definition) is 8. The number of nitrogens with zero attached hydrogens (tertiary/aromatic N) is 3. The average Bonchev–Trinajstić information content (AvgIpc) is 2.91. The fraction of sp³-hybridized carbons (Fsp3) is 0.360. The summed E-state index contributed by atoms with van der Waals surface area (Å²) in [6.45, 7) is 3.98. The molecule has 2 fully saturated rings. The summed E-state index contributed by atoms with van der Waals surface area (Å²) >= 11 is 0. The summed E-state index contributed by atoms with van der Waals surface area (Å²) in [6, 6.07) is 15.0. The smallest absolute Gasteiger partial charge is 0.227 e. The lowest BCUT2D eigenvalue weighted by Gasteiger charge is -2.25. The van der Waals surface area contributed by atoms with Crippen molar-refractivity contribution in [2.24, 2.45) is 0 Å². The van der Waals surface area contributed by atoms with Crippen molar-refractivity contribution in [3.05, 3.63) is 54.7 Å². The van der Waals surface area contributed by atoms with E-state index in [0.717, 1.165) is 34.7 Å². The Bertz CT molecular complexity index is 1160. The number of anilines is 3. The van der Waals surface area contributed by atoms with Crippen molar-refractivity contribution < 1.29 is 18.4 Å². The Labute approximate surface area is 207 Å². The third-order valence-electron chi connectivity index (χ3n) is 5.94. The molecule has 1 aromatic heterocycles. The summed E-state index contributed by atoms with van der Waals surface area (Å²) in [5.41, 5.74) is 9.29. The van der Waals surface area contributed by atoms with E-state index in [1.807, 2.05) is 52.8 Å². The molecule has 3 heterocycles. The topological polar surface area (TPSA) is 112 Å². The minimum Gasteiger partial charge on any atom is -0.488 e. The van der Waals surface area contributed by atoms with Gasteiger partial charge in [0.05, 0.1) is 42.7 Å². The van der Waals surface area contributed by atoms with Crippen LogP contribution in [-0.2, 0) is 20.5 Å². The second kappa shape index (κ2) is 11.1. The minimum absolute atomic E-state index is 0.129. The number of rotatable bonds is 7. The standard InChI is InChI=1S/C25H29N5O4S/c26-22-17-18(1-6-24(22)34-20-8-13-32-14-9-20)23-7-10-27-25(29-23)28-19-2-4-21(5-3-19)35(31)30-11-15-33-16-12-30/h1-7,10,17,20H,8-9,11-16,26H2,(H,27,28,29). The van der Waals surface area contributed by atoms with E-state index < -0.39 is 11.0 Å². The normalized spacial score (nSPS) is 18.2. The van der Waals surface area contributed by atoms with E-state index in [9.17, 15) is 4.21 Å². The van der Waals surface area contributed by atoms with Gasteiger partial charge < -0.3 is 25.3 Å². The van der Waals surface area contributed by atoms with Gasteiger partial charge in [-0.25, -0.2) is 18.5 Å². The maximum absolute atomic E-state index is 12.7. The Balaban J connectivity index is 1.25. The van der Waals surface area contributed by atoms with Gasteiger partial charge in [0.1, 0.15) is 22.8 Å². The molecule has 3 aromatic rings. The Morgan fingerprint density at radius 3 is 2.49 bits per heavy atom. The molecular formula is C25H29N5O4S. The number of nitrogens with two attached hydrogens (primary N) is 1. The highest BCUT2D eigenvalue weighted by Gasteiger charge is 2.19. The molecule has 0 radical (unpaired) electrons. The van der Waals surface area contributed by atoms with Gasteiger partial charge >= 0.3 is 0 Å². The molecule has 1 atom stereocenters. The first kappa shape index (κ1) is 23.7. The molecule has 0 spiro atoms. The lowest BCUT2D eigenvalue weighted by atomic mass is 10.1. The van der Waals surface area contributed by atoms with Crippen LogP contribution in [0.4, 0.5) is 17.3 Å². The molecule has 1 unspecified atom stereocenters. The number of benzene rings is 2. The van der Waals surface area contributed by atoms with E-state index >= 15 is 0 Å². The maximum atomic E-state index is 12.7. The molecule has 5 rings (SSSR count). The molecule has 0 aliphatic carbocycles. The van der Waals surface area contributed by atoms with Crippen LogP contribution in [-0.4, -0.2) is 64.1 Å². The fourth-order valence-corrected chi connectivity index (χ4v) is 5.16. The Hall–Kier alpha value is -3.05. The zero-order valence-electron chi connectivity index (χ0n) is 19.4. The lowest BCUT2D eigenvalue weighted by molar-refractivity contribution is 0.0259. The predicted octanol–water partition coefficient (Wildman–Crippen LogP) is 3.38. The highest BCUT2D eigenvalue weighted by atomic mass is 32.2. The SMILES string of the molecule is Nc1cc(-c2ccnc(Nc3ccc(S(=O)N4CCOCC4)cc3)n2)ccc1OC1CCOCC1. The van der Waals surface area contributed by atoms with Gasteiger partial charge in [0.2, 0.25) is 5.95 Å². The van der Waals surface area contributed by atoms with Crippen molar-refractivity contribution in [3.63, 3.8) is 0 Å². The van der Waals surface area contributed by atoms with Crippen molar-refractivity contribution in [1.82, 2.24) is 14.3 Å². The summed E-state index contributed by atoms with van der Waals surface area (Å²) in [5, 5.41) is 3.22. The summed E-state index contributed by atoms with van der Waals surface area (Å²) in [7, 11) is -1.19. The second-order valence-corrected chi connectivity index (χ2v) is 9.87. The van der Waals surface area contributed by atoms with Gasteiger partial charge in [-0.1, -0.05) is 0 Å². The van der Waals surface area contributed by atoms with E-state index in [0.29, 0.717) is 56.9 Å². The molecule has 2 aromatic carbocycles. The van der Waals surface area contributed by atoms with Crippen LogP contribution in [0.1, 0.15) is 12.8 Å². The molecule has 0 saturated carbocycles. The first-order valence-corrected chi connectivity index (χ1v) is 12.9. The highest BCUT2D eigenvalue weighted by molar-refractivity contribution is 7.82.